The second-order valence-corrected chi connectivity index (χ2v) is 2.76. The highest BCUT2D eigenvalue weighted by Gasteiger charge is 2.05. The van der Waals surface area contributed by atoms with Gasteiger partial charge >= 0.3 is 0 Å². The second kappa shape index (κ2) is 5.58. The molecular formula is C10H13ClN2. The van der Waals surface area contributed by atoms with Crippen LogP contribution in [0, 0.1) is 18.3 Å². The van der Waals surface area contributed by atoms with Gasteiger partial charge in [0.25, 0.3) is 0 Å². The number of aryl methyl sites for hydroxylation is 1. The van der Waals surface area contributed by atoms with E-state index < -0.39 is 0 Å². The third kappa shape index (κ3) is 3.06. The van der Waals surface area contributed by atoms with E-state index in [4.69, 9.17) is 5.26 Å². The predicted octanol–water partition coefficient (Wildman–Crippen LogP) is 2.20. The number of nitrogens with one attached hydrogen (secondary N) is 1. The van der Waals surface area contributed by atoms with Crippen molar-refractivity contribution in [3.05, 3.63) is 35.4 Å². The number of rotatable bonds is 2. The molecule has 0 aliphatic carbocycles. The maximum Gasteiger partial charge on any atom is 0.121 e. The van der Waals surface area contributed by atoms with E-state index in [9.17, 15) is 0 Å². The Morgan fingerprint density at radius 3 is 2.23 bits per heavy atom. The summed E-state index contributed by atoms with van der Waals surface area (Å²) in [6.45, 7) is 2.03. The van der Waals surface area contributed by atoms with E-state index >= 15 is 0 Å². The molecule has 3 heteroatoms. The highest BCUT2D eigenvalue weighted by atomic mass is 35.5. The van der Waals surface area contributed by atoms with Crippen LogP contribution < -0.4 is 5.32 Å². The summed E-state index contributed by atoms with van der Waals surface area (Å²) >= 11 is 0. The van der Waals surface area contributed by atoms with Crippen molar-refractivity contribution in [3.63, 3.8) is 0 Å². The van der Waals surface area contributed by atoms with Gasteiger partial charge < -0.3 is 5.32 Å². The van der Waals surface area contributed by atoms with E-state index in [0.717, 1.165) is 5.56 Å². The zero-order chi connectivity index (χ0) is 8.97. The van der Waals surface area contributed by atoms with Crippen molar-refractivity contribution in [2.75, 3.05) is 7.05 Å². The molecule has 0 heterocycles. The highest BCUT2D eigenvalue weighted by molar-refractivity contribution is 5.85. The van der Waals surface area contributed by atoms with E-state index in [1.54, 1.807) is 7.05 Å². The average molecular weight is 197 g/mol. The molecule has 1 atom stereocenters. The van der Waals surface area contributed by atoms with Crippen molar-refractivity contribution in [2.45, 2.75) is 13.0 Å². The van der Waals surface area contributed by atoms with E-state index in [0.29, 0.717) is 0 Å². The summed E-state index contributed by atoms with van der Waals surface area (Å²) in [6, 6.07) is 9.95. The molecule has 2 nitrogen and oxygen atoms in total. The summed E-state index contributed by atoms with van der Waals surface area (Å²) < 4.78 is 0. The Hall–Kier alpha value is -1.04. The summed E-state index contributed by atoms with van der Waals surface area (Å²) in [6.07, 6.45) is 0. The maximum absolute atomic E-state index is 8.74. The minimum absolute atomic E-state index is 0. The maximum atomic E-state index is 8.74. The monoisotopic (exact) mass is 196 g/mol. The number of hydrogen-bond acceptors (Lipinski definition) is 2. The first-order valence-corrected chi connectivity index (χ1v) is 3.91. The first-order valence-electron chi connectivity index (χ1n) is 3.91. The zero-order valence-electron chi connectivity index (χ0n) is 7.74. The third-order valence-electron chi connectivity index (χ3n) is 1.83. The normalized spacial score (nSPS) is 11.2. The molecule has 0 bridgehead atoms. The van der Waals surface area contributed by atoms with Crippen molar-refractivity contribution in [1.29, 1.82) is 5.26 Å². The Morgan fingerprint density at radius 2 is 1.85 bits per heavy atom. The van der Waals surface area contributed by atoms with Crippen molar-refractivity contribution in [1.82, 2.24) is 5.32 Å². The number of hydrogen-bond donors (Lipinski definition) is 1. The second-order valence-electron chi connectivity index (χ2n) is 2.76. The van der Waals surface area contributed by atoms with Crippen molar-refractivity contribution in [3.8, 4) is 6.07 Å². The van der Waals surface area contributed by atoms with Gasteiger partial charge in [0.2, 0.25) is 0 Å². The molecule has 0 saturated heterocycles. The van der Waals surface area contributed by atoms with Gasteiger partial charge in [0.15, 0.2) is 0 Å². The molecule has 0 aliphatic rings. The molecular weight excluding hydrogens is 184 g/mol. The molecule has 0 saturated carbocycles. The van der Waals surface area contributed by atoms with Crippen LogP contribution in [-0.2, 0) is 0 Å². The van der Waals surface area contributed by atoms with Crippen LogP contribution in [0.4, 0.5) is 0 Å². The minimum atomic E-state index is -0.189. The van der Waals surface area contributed by atoms with E-state index in [-0.39, 0.29) is 18.4 Å². The lowest BCUT2D eigenvalue weighted by molar-refractivity contribution is 0.727. The van der Waals surface area contributed by atoms with Crippen LogP contribution in [0.15, 0.2) is 24.3 Å². The Balaban J connectivity index is 0.00000144. The van der Waals surface area contributed by atoms with E-state index in [2.05, 4.69) is 11.4 Å². The number of nitrogens with zero attached hydrogens (tertiary/aromatic N) is 1. The number of nitriles is 1. The standard InChI is InChI=1S/C10H12N2.ClH/c1-8-3-5-9(6-4-8)10(7-11)12-2;/h3-6,10,12H,1-2H3;1H. The summed E-state index contributed by atoms with van der Waals surface area (Å²) in [5, 5.41) is 11.7. The van der Waals surface area contributed by atoms with Crippen molar-refractivity contribution in [2.24, 2.45) is 0 Å². The van der Waals surface area contributed by atoms with Gasteiger partial charge in [-0.2, -0.15) is 5.26 Å². The molecule has 13 heavy (non-hydrogen) atoms. The molecule has 0 fully saturated rings. The summed E-state index contributed by atoms with van der Waals surface area (Å²) in [4.78, 5) is 0. The molecule has 1 rings (SSSR count). The smallest absolute Gasteiger partial charge is 0.121 e. The summed E-state index contributed by atoms with van der Waals surface area (Å²) in [7, 11) is 1.79. The Morgan fingerprint density at radius 1 is 1.31 bits per heavy atom. The SMILES string of the molecule is CNC(C#N)c1ccc(C)cc1.Cl. The van der Waals surface area contributed by atoms with Crippen LogP contribution in [0.2, 0.25) is 0 Å². The number of benzene rings is 1. The molecule has 70 valence electrons. The molecule has 0 amide bonds. The molecule has 0 radical (unpaired) electrons. The average Bonchev–Trinajstić information content (AvgIpc) is 2.10. The van der Waals surface area contributed by atoms with Gasteiger partial charge in [-0.15, -0.1) is 12.4 Å². The van der Waals surface area contributed by atoms with Crippen LogP contribution in [-0.4, -0.2) is 7.05 Å². The molecule has 1 N–H and O–H groups in total. The van der Waals surface area contributed by atoms with E-state index in [1.807, 2.05) is 31.2 Å². The van der Waals surface area contributed by atoms with Gasteiger partial charge in [0.05, 0.1) is 6.07 Å². The first kappa shape index (κ1) is 12.0. The Labute approximate surface area is 85.0 Å². The van der Waals surface area contributed by atoms with Gasteiger partial charge in [-0.25, -0.2) is 0 Å². The molecule has 1 aromatic carbocycles. The number of halogens is 1. The first-order chi connectivity index (χ1) is 5.77. The van der Waals surface area contributed by atoms with Crippen LogP contribution in [0.1, 0.15) is 17.2 Å². The van der Waals surface area contributed by atoms with Crippen LogP contribution in [0.25, 0.3) is 0 Å². The molecule has 0 aromatic heterocycles. The van der Waals surface area contributed by atoms with Crippen LogP contribution >= 0.6 is 12.4 Å². The van der Waals surface area contributed by atoms with Gasteiger partial charge in [0, 0.05) is 0 Å². The van der Waals surface area contributed by atoms with Gasteiger partial charge in [0.1, 0.15) is 6.04 Å². The van der Waals surface area contributed by atoms with Gasteiger partial charge in [-0.1, -0.05) is 29.8 Å². The van der Waals surface area contributed by atoms with Crippen LogP contribution in [0.5, 0.6) is 0 Å². The van der Waals surface area contributed by atoms with Gasteiger partial charge in [-0.3, -0.25) is 0 Å². The lowest BCUT2D eigenvalue weighted by Gasteiger charge is -2.07. The fourth-order valence-corrected chi connectivity index (χ4v) is 1.06. The third-order valence-corrected chi connectivity index (χ3v) is 1.83. The predicted molar refractivity (Wildman–Crippen MR) is 55.8 cm³/mol. The highest BCUT2D eigenvalue weighted by Crippen LogP contribution is 2.11. The van der Waals surface area contributed by atoms with Gasteiger partial charge in [-0.05, 0) is 19.5 Å². The summed E-state index contributed by atoms with van der Waals surface area (Å²) in [5.41, 5.74) is 2.23. The molecule has 0 aliphatic heterocycles. The Kier molecular flexibility index (Phi) is 5.13. The fraction of sp³-hybridized carbons (Fsp3) is 0.300. The minimum Gasteiger partial charge on any atom is -0.301 e. The fourth-order valence-electron chi connectivity index (χ4n) is 1.06. The largest absolute Gasteiger partial charge is 0.301 e. The molecule has 0 spiro atoms. The summed E-state index contributed by atoms with van der Waals surface area (Å²) in [5.74, 6) is 0. The van der Waals surface area contributed by atoms with Crippen LogP contribution in [0.3, 0.4) is 0 Å². The topological polar surface area (TPSA) is 35.8 Å². The lowest BCUT2D eigenvalue weighted by atomic mass is 10.1. The quantitative estimate of drug-likeness (QED) is 0.787. The molecule has 1 unspecified atom stereocenters. The Bertz CT molecular complexity index is 287. The van der Waals surface area contributed by atoms with E-state index in [1.165, 1.54) is 5.56 Å². The zero-order valence-corrected chi connectivity index (χ0v) is 8.56. The molecule has 1 aromatic rings. The van der Waals surface area contributed by atoms with Crippen molar-refractivity contribution < 1.29 is 0 Å². The lowest BCUT2D eigenvalue weighted by Crippen LogP contribution is -2.13. The van der Waals surface area contributed by atoms with Crippen molar-refractivity contribution >= 4 is 12.4 Å².